The Morgan fingerprint density at radius 2 is 1.82 bits per heavy atom. The molecule has 0 spiro atoms. The molecule has 1 aliphatic rings. The SMILES string of the molecule is CS(=O)(=O)NC(CSCP(=O)(O)O)C(=O)N1CCCCC1C(=O)NC(Cc1ccc2ccccc2c1)C(N)=O. The molecule has 3 amide bonds. The zero-order valence-corrected chi connectivity index (χ0v) is 23.9. The van der Waals surface area contributed by atoms with Crippen LogP contribution in [-0.4, -0.2) is 83.0 Å². The molecule has 6 N–H and O–H groups in total. The topological polar surface area (TPSA) is 196 Å². The van der Waals surface area contributed by atoms with Crippen LogP contribution in [0.4, 0.5) is 0 Å². The van der Waals surface area contributed by atoms with Crippen LogP contribution in [-0.2, 0) is 35.4 Å². The van der Waals surface area contributed by atoms with Crippen molar-refractivity contribution in [1.29, 1.82) is 0 Å². The lowest BCUT2D eigenvalue weighted by Gasteiger charge is -2.37. The first-order chi connectivity index (χ1) is 18.2. The number of piperidine rings is 1. The quantitative estimate of drug-likeness (QED) is 0.216. The summed E-state index contributed by atoms with van der Waals surface area (Å²) in [6, 6.07) is 10.0. The first-order valence-electron chi connectivity index (χ1n) is 12.2. The molecule has 1 aliphatic heterocycles. The van der Waals surface area contributed by atoms with Crippen molar-refractivity contribution in [2.45, 2.75) is 43.8 Å². The van der Waals surface area contributed by atoms with Crippen molar-refractivity contribution in [3.05, 3.63) is 48.0 Å². The molecule has 0 radical (unpaired) electrons. The molecule has 1 fully saturated rings. The highest BCUT2D eigenvalue weighted by Gasteiger charge is 2.37. The Balaban J connectivity index is 1.75. The molecule has 214 valence electrons. The molecule has 0 aliphatic carbocycles. The molecule has 39 heavy (non-hydrogen) atoms. The van der Waals surface area contributed by atoms with Gasteiger partial charge in [-0.25, -0.2) is 13.1 Å². The van der Waals surface area contributed by atoms with Gasteiger partial charge in [0.15, 0.2) is 0 Å². The lowest BCUT2D eigenvalue weighted by molar-refractivity contribution is -0.143. The van der Waals surface area contributed by atoms with Gasteiger partial charge >= 0.3 is 7.60 Å². The number of nitrogens with zero attached hydrogens (tertiary/aromatic N) is 1. The third kappa shape index (κ3) is 9.59. The van der Waals surface area contributed by atoms with Gasteiger partial charge in [0.05, 0.1) is 11.7 Å². The van der Waals surface area contributed by atoms with E-state index in [0.717, 1.165) is 34.4 Å². The Morgan fingerprint density at radius 1 is 1.13 bits per heavy atom. The second kappa shape index (κ2) is 13.2. The highest BCUT2D eigenvalue weighted by atomic mass is 32.2. The number of rotatable bonds is 12. The number of amides is 3. The molecule has 0 aromatic heterocycles. The standard InChI is InChI=1S/C24H33N4O8PS2/c1-39(35,36)27-20(14-38-15-37(32,33)34)24(31)28-11-5-4-8-21(28)23(30)26-19(22(25)29)13-16-9-10-17-6-2-3-7-18(17)12-16/h2-3,6-7,9-10,12,19-21,27H,4-5,8,11,13-15H2,1H3,(H2,25,29)(H,26,30)(H2,32,33,34). The molecule has 3 unspecified atom stereocenters. The number of thioether (sulfide) groups is 1. The third-order valence-electron chi connectivity index (χ3n) is 6.20. The number of nitrogens with two attached hydrogens (primary N) is 1. The fourth-order valence-corrected chi connectivity index (χ4v) is 7.10. The van der Waals surface area contributed by atoms with Gasteiger partial charge in [-0.1, -0.05) is 42.5 Å². The van der Waals surface area contributed by atoms with E-state index < -0.39 is 59.0 Å². The maximum absolute atomic E-state index is 13.4. The zero-order valence-electron chi connectivity index (χ0n) is 21.4. The summed E-state index contributed by atoms with van der Waals surface area (Å²) < 4.78 is 37.2. The molecule has 12 nitrogen and oxygen atoms in total. The van der Waals surface area contributed by atoms with Gasteiger partial charge in [0.25, 0.3) is 0 Å². The fraction of sp³-hybridized carbons (Fsp3) is 0.458. The van der Waals surface area contributed by atoms with E-state index in [-0.39, 0.29) is 18.7 Å². The van der Waals surface area contributed by atoms with Crippen molar-refractivity contribution in [3.8, 4) is 0 Å². The maximum Gasteiger partial charge on any atom is 0.335 e. The van der Waals surface area contributed by atoms with Gasteiger partial charge in [-0.05, 0) is 35.6 Å². The Bertz CT molecular complexity index is 1370. The summed E-state index contributed by atoms with van der Waals surface area (Å²) in [4.78, 5) is 58.5. The third-order valence-corrected chi connectivity index (χ3v) is 9.56. The number of primary amides is 1. The summed E-state index contributed by atoms with van der Waals surface area (Å²) >= 11 is 0.728. The normalized spacial score (nSPS) is 17.9. The van der Waals surface area contributed by atoms with E-state index in [1.54, 1.807) is 0 Å². The number of fused-ring (bicyclic) bond motifs is 1. The van der Waals surface area contributed by atoms with Crippen molar-refractivity contribution in [3.63, 3.8) is 0 Å². The van der Waals surface area contributed by atoms with E-state index in [9.17, 15) is 27.4 Å². The summed E-state index contributed by atoms with van der Waals surface area (Å²) in [5.74, 6) is -2.26. The van der Waals surface area contributed by atoms with E-state index in [2.05, 4.69) is 10.0 Å². The van der Waals surface area contributed by atoms with Crippen LogP contribution < -0.4 is 15.8 Å². The molecule has 3 rings (SSSR count). The average molecular weight is 601 g/mol. The fourth-order valence-electron chi connectivity index (χ4n) is 4.46. The minimum Gasteiger partial charge on any atom is -0.368 e. The number of hydrogen-bond donors (Lipinski definition) is 5. The van der Waals surface area contributed by atoms with Crippen molar-refractivity contribution in [1.82, 2.24) is 14.9 Å². The summed E-state index contributed by atoms with van der Waals surface area (Å²) in [5, 5.41) is 4.65. The summed E-state index contributed by atoms with van der Waals surface area (Å²) in [6.45, 7) is 0.175. The van der Waals surface area contributed by atoms with Crippen LogP contribution in [0.1, 0.15) is 24.8 Å². The van der Waals surface area contributed by atoms with E-state index in [4.69, 9.17) is 15.5 Å². The number of carbonyl (C=O) groups excluding carboxylic acids is 3. The molecular weight excluding hydrogens is 567 g/mol. The van der Waals surface area contributed by atoms with Crippen LogP contribution in [0.5, 0.6) is 0 Å². The number of carbonyl (C=O) groups is 3. The molecule has 0 bridgehead atoms. The van der Waals surface area contributed by atoms with Gasteiger partial charge < -0.3 is 25.7 Å². The van der Waals surface area contributed by atoms with Gasteiger partial charge in [-0.15, -0.1) is 11.8 Å². The molecule has 1 heterocycles. The van der Waals surface area contributed by atoms with Crippen molar-refractivity contribution in [2.24, 2.45) is 5.73 Å². The molecule has 0 saturated carbocycles. The van der Waals surface area contributed by atoms with Gasteiger partial charge in [0.2, 0.25) is 27.7 Å². The minimum atomic E-state index is -4.38. The second-order valence-corrected chi connectivity index (χ2v) is 14.4. The lowest BCUT2D eigenvalue weighted by Crippen LogP contribution is -2.60. The van der Waals surface area contributed by atoms with Crippen LogP contribution in [0.25, 0.3) is 10.8 Å². The summed E-state index contributed by atoms with van der Waals surface area (Å²) in [7, 11) is -8.24. The molecule has 1 saturated heterocycles. The van der Waals surface area contributed by atoms with E-state index in [1.165, 1.54) is 4.90 Å². The molecule has 15 heteroatoms. The van der Waals surface area contributed by atoms with Gasteiger partial charge in [0, 0.05) is 18.7 Å². The van der Waals surface area contributed by atoms with Crippen LogP contribution in [0.15, 0.2) is 42.5 Å². The first kappa shape index (κ1) is 31.1. The van der Waals surface area contributed by atoms with Crippen LogP contribution in [0, 0.1) is 0 Å². The summed E-state index contributed by atoms with van der Waals surface area (Å²) in [5.41, 5.74) is 5.79. The summed E-state index contributed by atoms with van der Waals surface area (Å²) in [6.07, 6.45) is 2.51. The van der Waals surface area contributed by atoms with E-state index in [0.29, 0.717) is 19.3 Å². The highest BCUT2D eigenvalue weighted by molar-refractivity contribution is 8.04. The smallest absolute Gasteiger partial charge is 0.335 e. The van der Waals surface area contributed by atoms with Crippen molar-refractivity contribution < 1.29 is 37.2 Å². The molecule has 2 aromatic rings. The largest absolute Gasteiger partial charge is 0.368 e. The Morgan fingerprint density at radius 3 is 2.46 bits per heavy atom. The van der Waals surface area contributed by atoms with Gasteiger partial charge in [-0.3, -0.25) is 18.9 Å². The Kier molecular flexibility index (Phi) is 10.5. The predicted octanol–water partition coefficient (Wildman–Crippen LogP) is 0.520. The number of likely N-dealkylation sites (tertiary alicyclic amines) is 1. The number of sulfonamides is 1. The maximum atomic E-state index is 13.4. The average Bonchev–Trinajstić information content (AvgIpc) is 2.85. The molecular formula is C24H33N4O8PS2. The Hall–Kier alpha value is -2.48. The van der Waals surface area contributed by atoms with Crippen LogP contribution in [0.2, 0.25) is 0 Å². The van der Waals surface area contributed by atoms with Crippen molar-refractivity contribution >= 4 is 57.9 Å². The zero-order chi connectivity index (χ0) is 28.8. The predicted molar refractivity (Wildman–Crippen MR) is 149 cm³/mol. The monoisotopic (exact) mass is 600 g/mol. The van der Waals surface area contributed by atoms with Crippen LogP contribution >= 0.6 is 19.4 Å². The van der Waals surface area contributed by atoms with Crippen LogP contribution in [0.3, 0.4) is 0 Å². The number of hydrogen-bond acceptors (Lipinski definition) is 7. The van der Waals surface area contributed by atoms with Crippen molar-refractivity contribution in [2.75, 3.05) is 24.0 Å². The minimum absolute atomic E-state index is 0.143. The number of benzene rings is 2. The highest BCUT2D eigenvalue weighted by Crippen LogP contribution is 2.38. The lowest BCUT2D eigenvalue weighted by atomic mass is 9.98. The Labute approximate surface area is 231 Å². The van der Waals surface area contributed by atoms with E-state index >= 15 is 0 Å². The molecule has 2 aromatic carbocycles. The number of nitrogens with one attached hydrogen (secondary N) is 2. The van der Waals surface area contributed by atoms with Gasteiger partial charge in [0.1, 0.15) is 18.1 Å². The van der Waals surface area contributed by atoms with E-state index in [1.807, 2.05) is 42.5 Å². The second-order valence-electron chi connectivity index (χ2n) is 9.50. The molecule has 3 atom stereocenters. The first-order valence-corrected chi connectivity index (χ1v) is 17.1. The van der Waals surface area contributed by atoms with Gasteiger partial charge in [-0.2, -0.15) is 0 Å².